The highest BCUT2D eigenvalue weighted by atomic mass is 16.3. The molecule has 1 aliphatic heterocycles. The summed E-state index contributed by atoms with van der Waals surface area (Å²) >= 11 is 0. The Bertz CT molecular complexity index is 793. The highest BCUT2D eigenvalue weighted by Gasteiger charge is 2.31. The average molecular weight is 493 g/mol. The molecular weight excluding hydrogens is 452 g/mol. The number of allylic oxidation sites excluding steroid dienone is 3. The number of hydrogen-bond donors (Lipinski definition) is 6. The summed E-state index contributed by atoms with van der Waals surface area (Å²) in [6.45, 7) is 5.34. The van der Waals surface area contributed by atoms with Gasteiger partial charge in [0.1, 0.15) is 12.1 Å². The number of amides is 4. The third kappa shape index (κ3) is 12.9. The Balaban J connectivity index is 2.81. The fourth-order valence-electron chi connectivity index (χ4n) is 3.35. The van der Waals surface area contributed by atoms with Gasteiger partial charge in [-0.15, -0.1) is 0 Å². The lowest BCUT2D eigenvalue weighted by Gasteiger charge is -2.26. The molecule has 1 aliphatic rings. The number of rotatable bonds is 10. The number of unbranched alkanes of at least 4 members (excludes halogenated alkanes) is 3. The first-order valence-electron chi connectivity index (χ1n) is 12.2. The number of aliphatic hydroxyl groups excluding tert-OH is 2. The molecule has 0 saturated carbocycles. The summed E-state index contributed by atoms with van der Waals surface area (Å²) < 4.78 is 0. The predicted octanol–water partition coefficient (Wildman–Crippen LogP) is 0.361. The zero-order valence-corrected chi connectivity index (χ0v) is 20.8. The van der Waals surface area contributed by atoms with Crippen LogP contribution >= 0.6 is 0 Å². The quantitative estimate of drug-likeness (QED) is 0.147. The van der Waals surface area contributed by atoms with E-state index in [-0.39, 0.29) is 25.3 Å². The normalized spacial score (nSPS) is 23.6. The molecule has 10 nitrogen and oxygen atoms in total. The van der Waals surface area contributed by atoms with Gasteiger partial charge in [-0.1, -0.05) is 44.1 Å². The second-order valence-corrected chi connectivity index (χ2v) is 8.70. The van der Waals surface area contributed by atoms with Crippen molar-refractivity contribution in [3.8, 4) is 0 Å². The molecule has 1 rings (SSSR count). The van der Waals surface area contributed by atoms with Crippen molar-refractivity contribution in [2.75, 3.05) is 6.54 Å². The van der Waals surface area contributed by atoms with Crippen LogP contribution in [0.15, 0.2) is 36.5 Å². The van der Waals surface area contributed by atoms with Crippen LogP contribution in [0.25, 0.3) is 0 Å². The zero-order chi connectivity index (χ0) is 26.2. The Morgan fingerprint density at radius 2 is 2.00 bits per heavy atom. The van der Waals surface area contributed by atoms with Gasteiger partial charge in [0.05, 0.1) is 12.2 Å². The maximum absolute atomic E-state index is 12.9. The van der Waals surface area contributed by atoms with Crippen molar-refractivity contribution in [3.63, 3.8) is 0 Å². The number of carbonyl (C=O) groups is 4. The number of carbonyl (C=O) groups excluding carboxylic acids is 4. The molecule has 0 aromatic heterocycles. The Hall–Kier alpha value is -2.98. The molecule has 196 valence electrons. The maximum atomic E-state index is 12.9. The summed E-state index contributed by atoms with van der Waals surface area (Å²) in [6, 6.07) is -2.91. The van der Waals surface area contributed by atoms with Crippen molar-refractivity contribution in [2.24, 2.45) is 0 Å². The van der Waals surface area contributed by atoms with Gasteiger partial charge in [-0.2, -0.15) is 0 Å². The standard InChI is InChI=1S/C25H40N4O6/c1-4-5-6-7-8-9-10-11-22(33)29-23(18(3)30)25(35)28-20-16-19(31)14-15-26-21(32)13-12-17(2)27-24(20)34/h8-13,17-20,23,30-31H,4-7,14-16H2,1-3H3,(H,26,32)(H,27,34)(H,28,35)(H,29,33)/b9-8+,11-10+,13-12?/t17-,18+,19-,20-,23+/m0/s1. The third-order valence-electron chi connectivity index (χ3n) is 5.36. The van der Waals surface area contributed by atoms with Crippen LogP contribution < -0.4 is 21.3 Å². The number of aliphatic hydroxyl groups is 2. The van der Waals surface area contributed by atoms with Crippen molar-refractivity contribution < 1.29 is 29.4 Å². The molecule has 0 unspecified atom stereocenters. The van der Waals surface area contributed by atoms with Gasteiger partial charge >= 0.3 is 0 Å². The Morgan fingerprint density at radius 1 is 1.26 bits per heavy atom. The molecule has 0 aromatic carbocycles. The predicted molar refractivity (Wildman–Crippen MR) is 133 cm³/mol. The lowest BCUT2D eigenvalue weighted by molar-refractivity contribution is -0.134. The summed E-state index contributed by atoms with van der Waals surface area (Å²) in [4.78, 5) is 49.5. The summed E-state index contributed by atoms with van der Waals surface area (Å²) in [6.07, 6.45) is 11.4. The highest BCUT2D eigenvalue weighted by Crippen LogP contribution is 2.06. The van der Waals surface area contributed by atoms with Crippen molar-refractivity contribution in [2.45, 2.75) is 89.6 Å². The molecule has 35 heavy (non-hydrogen) atoms. The SMILES string of the molecule is CCCCC/C=C/C=C/C(=O)N[C@@H](C(=O)N[C@H]1C[C@@H](O)CCNC(=O)C=C[C@H](C)NC1=O)[C@@H](C)O. The van der Waals surface area contributed by atoms with Crippen molar-refractivity contribution in [3.05, 3.63) is 36.5 Å². The minimum Gasteiger partial charge on any atom is -0.393 e. The zero-order valence-electron chi connectivity index (χ0n) is 20.8. The fraction of sp³-hybridized carbons (Fsp3) is 0.600. The van der Waals surface area contributed by atoms with Crippen LogP contribution in [0.2, 0.25) is 0 Å². The van der Waals surface area contributed by atoms with Gasteiger partial charge in [-0.25, -0.2) is 0 Å². The molecule has 0 bridgehead atoms. The topological polar surface area (TPSA) is 157 Å². The first-order valence-corrected chi connectivity index (χ1v) is 12.2. The molecule has 4 amide bonds. The van der Waals surface area contributed by atoms with E-state index in [1.54, 1.807) is 19.1 Å². The summed E-state index contributed by atoms with van der Waals surface area (Å²) in [5.74, 6) is -2.21. The van der Waals surface area contributed by atoms with Gasteiger partial charge in [-0.3, -0.25) is 19.2 Å². The van der Waals surface area contributed by atoms with Crippen LogP contribution in [0, 0.1) is 0 Å². The minimum absolute atomic E-state index is 0.104. The largest absolute Gasteiger partial charge is 0.393 e. The van der Waals surface area contributed by atoms with Gasteiger partial charge in [0.15, 0.2) is 0 Å². The van der Waals surface area contributed by atoms with Crippen LogP contribution in [0.5, 0.6) is 0 Å². The number of nitrogens with one attached hydrogen (secondary N) is 4. The molecule has 0 saturated heterocycles. The summed E-state index contributed by atoms with van der Waals surface area (Å²) in [7, 11) is 0. The second-order valence-electron chi connectivity index (χ2n) is 8.70. The van der Waals surface area contributed by atoms with Crippen LogP contribution in [0.1, 0.15) is 59.3 Å². The van der Waals surface area contributed by atoms with E-state index in [0.717, 1.165) is 25.7 Å². The van der Waals surface area contributed by atoms with Gasteiger partial charge in [-0.05, 0) is 33.1 Å². The van der Waals surface area contributed by atoms with Crippen molar-refractivity contribution in [1.82, 2.24) is 21.3 Å². The molecule has 0 radical (unpaired) electrons. The van der Waals surface area contributed by atoms with E-state index in [1.807, 2.05) is 6.08 Å². The van der Waals surface area contributed by atoms with Gasteiger partial charge in [0.2, 0.25) is 23.6 Å². The second kappa shape index (κ2) is 16.6. The van der Waals surface area contributed by atoms with Crippen LogP contribution in [-0.2, 0) is 19.2 Å². The van der Waals surface area contributed by atoms with E-state index in [1.165, 1.54) is 25.2 Å². The van der Waals surface area contributed by atoms with E-state index < -0.39 is 48.1 Å². The molecule has 5 atom stereocenters. The Labute approximate surface area is 207 Å². The minimum atomic E-state index is -1.30. The van der Waals surface area contributed by atoms with E-state index in [9.17, 15) is 29.4 Å². The molecular formula is C25H40N4O6. The summed E-state index contributed by atoms with van der Waals surface area (Å²) in [5.41, 5.74) is 0. The Morgan fingerprint density at radius 3 is 2.69 bits per heavy atom. The molecule has 6 N–H and O–H groups in total. The molecule has 1 heterocycles. The average Bonchev–Trinajstić information content (AvgIpc) is 2.79. The fourth-order valence-corrected chi connectivity index (χ4v) is 3.35. The first-order chi connectivity index (χ1) is 16.6. The molecule has 0 spiro atoms. The highest BCUT2D eigenvalue weighted by molar-refractivity contribution is 5.95. The van der Waals surface area contributed by atoms with E-state index in [0.29, 0.717) is 0 Å². The van der Waals surface area contributed by atoms with Gasteiger partial charge < -0.3 is 31.5 Å². The van der Waals surface area contributed by atoms with Crippen LogP contribution in [0.3, 0.4) is 0 Å². The number of hydrogen-bond acceptors (Lipinski definition) is 6. The van der Waals surface area contributed by atoms with Crippen LogP contribution in [-0.4, -0.2) is 70.7 Å². The lowest BCUT2D eigenvalue weighted by Crippen LogP contribution is -2.58. The maximum Gasteiger partial charge on any atom is 0.245 e. The molecule has 0 aromatic rings. The van der Waals surface area contributed by atoms with Gasteiger partial charge in [0.25, 0.3) is 0 Å². The van der Waals surface area contributed by atoms with Crippen molar-refractivity contribution >= 4 is 23.6 Å². The molecule has 0 aliphatic carbocycles. The lowest BCUT2D eigenvalue weighted by atomic mass is 10.0. The van der Waals surface area contributed by atoms with E-state index in [4.69, 9.17) is 0 Å². The van der Waals surface area contributed by atoms with E-state index in [2.05, 4.69) is 28.2 Å². The van der Waals surface area contributed by atoms with Crippen LogP contribution in [0.4, 0.5) is 0 Å². The third-order valence-corrected chi connectivity index (χ3v) is 5.36. The molecule has 0 fully saturated rings. The molecule has 10 heteroatoms. The monoisotopic (exact) mass is 492 g/mol. The smallest absolute Gasteiger partial charge is 0.245 e. The van der Waals surface area contributed by atoms with Gasteiger partial charge in [0, 0.05) is 31.2 Å². The van der Waals surface area contributed by atoms with Crippen molar-refractivity contribution in [1.29, 1.82) is 0 Å². The summed E-state index contributed by atoms with van der Waals surface area (Å²) in [5, 5.41) is 30.6. The Kier molecular flexibility index (Phi) is 14.3. The first kappa shape index (κ1) is 30.1. The van der Waals surface area contributed by atoms with E-state index >= 15 is 0 Å².